The number of carbonyl (C=O) groups is 1. The summed E-state index contributed by atoms with van der Waals surface area (Å²) in [6, 6.07) is 9.68. The number of thiophene rings is 1. The highest BCUT2D eigenvalue weighted by Gasteiger charge is 2.05. The van der Waals surface area contributed by atoms with E-state index in [4.69, 9.17) is 5.73 Å². The van der Waals surface area contributed by atoms with Gasteiger partial charge in [0.1, 0.15) is 0 Å². The second-order valence-electron chi connectivity index (χ2n) is 3.77. The third kappa shape index (κ3) is 2.78. The van der Waals surface area contributed by atoms with Gasteiger partial charge < -0.3 is 11.1 Å². The first kappa shape index (κ1) is 12.4. The number of carbonyl (C=O) groups excluding carboxylic acids is 1. The monoisotopic (exact) mass is 258 g/mol. The zero-order valence-electron chi connectivity index (χ0n) is 10.0. The minimum Gasteiger partial charge on any atom is -0.397 e. The fourth-order valence-corrected chi connectivity index (χ4v) is 2.31. The molecule has 0 unspecified atom stereocenters. The van der Waals surface area contributed by atoms with Crippen LogP contribution in [0, 0.1) is 0 Å². The minimum atomic E-state index is -0.174. The van der Waals surface area contributed by atoms with Crippen LogP contribution in [0.25, 0.3) is 10.4 Å². The molecule has 4 heteroatoms. The van der Waals surface area contributed by atoms with E-state index in [0.29, 0.717) is 11.4 Å². The van der Waals surface area contributed by atoms with E-state index in [0.717, 1.165) is 10.4 Å². The molecule has 0 spiro atoms. The Morgan fingerprint density at radius 2 is 2.22 bits per heavy atom. The van der Waals surface area contributed by atoms with Crippen LogP contribution in [0.2, 0.25) is 0 Å². The third-order valence-electron chi connectivity index (χ3n) is 2.43. The Labute approximate surface area is 110 Å². The van der Waals surface area contributed by atoms with E-state index in [1.807, 2.05) is 29.6 Å². The molecule has 0 atom stereocenters. The van der Waals surface area contributed by atoms with E-state index >= 15 is 0 Å². The van der Waals surface area contributed by atoms with Crippen molar-refractivity contribution in [2.24, 2.45) is 0 Å². The molecular weight excluding hydrogens is 244 g/mol. The van der Waals surface area contributed by atoms with Crippen LogP contribution in [0.3, 0.4) is 0 Å². The number of hydrogen-bond donors (Lipinski definition) is 2. The predicted octanol–water partition coefficient (Wildman–Crippen LogP) is 3.51. The molecule has 1 amide bonds. The lowest BCUT2D eigenvalue weighted by molar-refractivity contribution is -0.111. The maximum absolute atomic E-state index is 11.5. The molecule has 0 aliphatic rings. The Bertz CT molecular complexity index is 573. The number of rotatable bonds is 3. The van der Waals surface area contributed by atoms with Crippen LogP contribution in [0.15, 0.2) is 47.9 Å². The van der Waals surface area contributed by atoms with Gasteiger partial charge in [-0.25, -0.2) is 0 Å². The molecule has 0 fully saturated rings. The van der Waals surface area contributed by atoms with Crippen LogP contribution in [0.4, 0.5) is 11.4 Å². The zero-order chi connectivity index (χ0) is 13.0. The summed E-state index contributed by atoms with van der Waals surface area (Å²) in [6.45, 7) is 1.80. The highest BCUT2D eigenvalue weighted by molar-refractivity contribution is 7.13. The van der Waals surface area contributed by atoms with Gasteiger partial charge in [0, 0.05) is 4.88 Å². The van der Waals surface area contributed by atoms with Crippen LogP contribution >= 0.6 is 11.3 Å². The highest BCUT2D eigenvalue weighted by atomic mass is 32.1. The van der Waals surface area contributed by atoms with Crippen LogP contribution in [-0.2, 0) is 4.79 Å². The van der Waals surface area contributed by atoms with Crippen molar-refractivity contribution in [3.8, 4) is 10.4 Å². The molecule has 0 saturated heterocycles. The van der Waals surface area contributed by atoms with Gasteiger partial charge in [0.2, 0.25) is 5.91 Å². The van der Waals surface area contributed by atoms with Gasteiger partial charge in [-0.05, 0) is 42.1 Å². The lowest BCUT2D eigenvalue weighted by Crippen LogP contribution is -2.09. The van der Waals surface area contributed by atoms with Crippen LogP contribution in [0.1, 0.15) is 6.92 Å². The lowest BCUT2D eigenvalue weighted by atomic mass is 10.1. The molecular formula is C14H14N2OS. The van der Waals surface area contributed by atoms with Crippen LogP contribution in [-0.4, -0.2) is 5.91 Å². The number of allylic oxidation sites excluding steroid dienone is 1. The van der Waals surface area contributed by atoms with Crippen molar-refractivity contribution in [2.75, 3.05) is 11.1 Å². The molecule has 0 bridgehead atoms. The normalized spacial score (nSPS) is 10.7. The molecule has 3 N–H and O–H groups in total. The molecule has 0 aliphatic heterocycles. The number of anilines is 2. The van der Waals surface area contributed by atoms with Gasteiger partial charge in [-0.15, -0.1) is 11.3 Å². The maximum atomic E-state index is 11.5. The third-order valence-corrected chi connectivity index (χ3v) is 3.35. The minimum absolute atomic E-state index is 0.174. The zero-order valence-corrected chi connectivity index (χ0v) is 10.8. The molecule has 0 radical (unpaired) electrons. The van der Waals surface area contributed by atoms with E-state index in [2.05, 4.69) is 5.32 Å². The summed E-state index contributed by atoms with van der Waals surface area (Å²) in [5.74, 6) is -0.174. The first-order valence-corrected chi connectivity index (χ1v) is 6.46. The average Bonchev–Trinajstić information content (AvgIpc) is 2.86. The Hall–Kier alpha value is -2.07. The van der Waals surface area contributed by atoms with E-state index in [9.17, 15) is 4.79 Å². The molecule has 2 rings (SSSR count). The van der Waals surface area contributed by atoms with Gasteiger partial charge in [0.05, 0.1) is 11.4 Å². The Kier molecular flexibility index (Phi) is 3.79. The SMILES string of the molecule is CC=CC(=O)Nc1cc(-c2cccs2)ccc1N. The summed E-state index contributed by atoms with van der Waals surface area (Å²) in [4.78, 5) is 12.7. The smallest absolute Gasteiger partial charge is 0.248 e. The molecule has 1 aromatic carbocycles. The quantitative estimate of drug-likeness (QED) is 0.654. The molecule has 1 heterocycles. The van der Waals surface area contributed by atoms with E-state index in [1.165, 1.54) is 6.08 Å². The van der Waals surface area contributed by atoms with Gasteiger partial charge >= 0.3 is 0 Å². The van der Waals surface area contributed by atoms with E-state index < -0.39 is 0 Å². The van der Waals surface area contributed by atoms with Gasteiger partial charge in [0.15, 0.2) is 0 Å². The number of benzene rings is 1. The van der Waals surface area contributed by atoms with Gasteiger partial charge in [-0.2, -0.15) is 0 Å². The van der Waals surface area contributed by atoms with Gasteiger partial charge in [0.25, 0.3) is 0 Å². The maximum Gasteiger partial charge on any atom is 0.248 e. The highest BCUT2D eigenvalue weighted by Crippen LogP contribution is 2.30. The molecule has 92 valence electrons. The number of hydrogen-bond acceptors (Lipinski definition) is 3. The van der Waals surface area contributed by atoms with Crippen LogP contribution < -0.4 is 11.1 Å². The average molecular weight is 258 g/mol. The molecule has 3 nitrogen and oxygen atoms in total. The molecule has 2 aromatic rings. The van der Waals surface area contributed by atoms with Gasteiger partial charge in [-0.1, -0.05) is 18.2 Å². The fourth-order valence-electron chi connectivity index (χ4n) is 1.59. The molecule has 0 aliphatic carbocycles. The standard InChI is InChI=1S/C14H14N2OS/c1-2-4-14(17)16-12-9-10(6-7-11(12)15)13-5-3-8-18-13/h2-9H,15H2,1H3,(H,16,17). The van der Waals surface area contributed by atoms with Crippen molar-refractivity contribution >= 4 is 28.6 Å². The van der Waals surface area contributed by atoms with Crippen molar-refractivity contribution in [1.82, 2.24) is 0 Å². The first-order chi connectivity index (χ1) is 8.70. The summed E-state index contributed by atoms with van der Waals surface area (Å²) in [5, 5.41) is 4.78. The second kappa shape index (κ2) is 5.51. The number of nitrogens with two attached hydrogens (primary N) is 1. The Morgan fingerprint density at radius 1 is 1.39 bits per heavy atom. The Balaban J connectivity index is 2.30. The van der Waals surface area contributed by atoms with Crippen molar-refractivity contribution in [2.45, 2.75) is 6.92 Å². The van der Waals surface area contributed by atoms with Crippen molar-refractivity contribution in [3.05, 3.63) is 47.9 Å². The summed E-state index contributed by atoms with van der Waals surface area (Å²) in [7, 11) is 0. The van der Waals surface area contributed by atoms with E-state index in [1.54, 1.807) is 30.4 Å². The lowest BCUT2D eigenvalue weighted by Gasteiger charge is -2.08. The summed E-state index contributed by atoms with van der Waals surface area (Å²) >= 11 is 1.65. The molecule has 1 aromatic heterocycles. The second-order valence-corrected chi connectivity index (χ2v) is 4.72. The largest absolute Gasteiger partial charge is 0.397 e. The number of nitrogen functional groups attached to an aromatic ring is 1. The molecule has 18 heavy (non-hydrogen) atoms. The first-order valence-electron chi connectivity index (χ1n) is 5.58. The number of amides is 1. The topological polar surface area (TPSA) is 55.1 Å². The van der Waals surface area contributed by atoms with E-state index in [-0.39, 0.29) is 5.91 Å². The predicted molar refractivity (Wildman–Crippen MR) is 77.6 cm³/mol. The van der Waals surface area contributed by atoms with Crippen LogP contribution in [0.5, 0.6) is 0 Å². The summed E-state index contributed by atoms with van der Waals surface area (Å²) < 4.78 is 0. The van der Waals surface area contributed by atoms with Gasteiger partial charge in [-0.3, -0.25) is 4.79 Å². The molecule has 0 saturated carbocycles. The summed E-state index contributed by atoms with van der Waals surface area (Å²) in [5.41, 5.74) is 8.11. The van der Waals surface area contributed by atoms with Crippen molar-refractivity contribution in [1.29, 1.82) is 0 Å². The number of nitrogens with one attached hydrogen (secondary N) is 1. The Morgan fingerprint density at radius 3 is 2.89 bits per heavy atom. The van der Waals surface area contributed by atoms with Crippen molar-refractivity contribution < 1.29 is 4.79 Å². The fraction of sp³-hybridized carbons (Fsp3) is 0.0714. The summed E-state index contributed by atoms with van der Waals surface area (Å²) in [6.07, 6.45) is 3.16. The van der Waals surface area contributed by atoms with Crippen molar-refractivity contribution in [3.63, 3.8) is 0 Å².